The topological polar surface area (TPSA) is 12.0 Å². The maximum Gasteiger partial charge on any atom is 0.0406 e. The Bertz CT molecular complexity index is 518. The molecule has 1 aromatic carbocycles. The molecular weight excluding hydrogens is 274 g/mol. The molecule has 1 nitrogen and oxygen atoms in total. The molecule has 0 bridgehead atoms. The molecule has 0 aliphatic rings. The highest BCUT2D eigenvalue weighted by atomic mass is 35.5. The normalized spacial score (nSPS) is 14.3. The van der Waals surface area contributed by atoms with Crippen LogP contribution in [-0.2, 0) is 0 Å². The Hall–Kier alpha value is -0.830. The van der Waals surface area contributed by atoms with Crippen LogP contribution >= 0.6 is 22.9 Å². The number of benzene rings is 1. The maximum atomic E-state index is 5.95. The molecule has 0 spiro atoms. The first-order valence-electron chi connectivity index (χ1n) is 6.67. The van der Waals surface area contributed by atoms with E-state index in [9.17, 15) is 0 Å². The second-order valence-corrected chi connectivity index (χ2v) is 6.25. The molecule has 0 radical (unpaired) electrons. The van der Waals surface area contributed by atoms with Crippen LogP contribution in [0.5, 0.6) is 0 Å². The Morgan fingerprint density at radius 3 is 2.42 bits per heavy atom. The molecule has 1 heterocycles. The van der Waals surface area contributed by atoms with Crippen molar-refractivity contribution in [2.45, 2.75) is 39.3 Å². The zero-order valence-electron chi connectivity index (χ0n) is 11.6. The summed E-state index contributed by atoms with van der Waals surface area (Å²) in [6.45, 7) is 6.62. The first kappa shape index (κ1) is 14.6. The average Bonchev–Trinajstić information content (AvgIpc) is 2.83. The number of thiophene rings is 1. The predicted octanol–water partition coefficient (Wildman–Crippen LogP) is 5.51. The molecule has 2 atom stereocenters. The standard InChI is InChI=1S/C16H20ClNS/c1-4-15(13-5-7-14(17)8-6-13)18-12(3)16-11(2)9-10-19-16/h5-10,12,15,18H,4H2,1-3H3. The summed E-state index contributed by atoms with van der Waals surface area (Å²) in [6, 6.07) is 11.1. The van der Waals surface area contributed by atoms with Crippen LogP contribution in [0.1, 0.15) is 48.4 Å². The van der Waals surface area contributed by atoms with Crippen molar-refractivity contribution in [3.8, 4) is 0 Å². The van der Waals surface area contributed by atoms with Crippen LogP contribution in [0, 0.1) is 6.92 Å². The van der Waals surface area contributed by atoms with Crippen LogP contribution in [-0.4, -0.2) is 0 Å². The molecule has 0 saturated carbocycles. The van der Waals surface area contributed by atoms with Gasteiger partial charge in [-0.25, -0.2) is 0 Å². The van der Waals surface area contributed by atoms with Gasteiger partial charge in [0.25, 0.3) is 0 Å². The molecule has 102 valence electrons. The Kier molecular flexibility index (Phi) is 5.03. The van der Waals surface area contributed by atoms with Crippen molar-refractivity contribution in [2.75, 3.05) is 0 Å². The van der Waals surface area contributed by atoms with E-state index in [4.69, 9.17) is 11.6 Å². The van der Waals surface area contributed by atoms with E-state index in [1.54, 1.807) is 0 Å². The molecule has 19 heavy (non-hydrogen) atoms. The van der Waals surface area contributed by atoms with Crippen molar-refractivity contribution in [3.63, 3.8) is 0 Å². The molecule has 0 fully saturated rings. The summed E-state index contributed by atoms with van der Waals surface area (Å²) in [4.78, 5) is 1.42. The van der Waals surface area contributed by atoms with Crippen molar-refractivity contribution in [2.24, 2.45) is 0 Å². The molecule has 0 saturated heterocycles. The van der Waals surface area contributed by atoms with Gasteiger partial charge in [0, 0.05) is 22.0 Å². The summed E-state index contributed by atoms with van der Waals surface area (Å²) in [5, 5.41) is 6.66. The number of aryl methyl sites for hydroxylation is 1. The molecule has 1 N–H and O–H groups in total. The van der Waals surface area contributed by atoms with Crippen LogP contribution in [0.2, 0.25) is 5.02 Å². The van der Waals surface area contributed by atoms with E-state index < -0.39 is 0 Å². The Balaban J connectivity index is 2.11. The summed E-state index contributed by atoms with van der Waals surface area (Å²) in [5.41, 5.74) is 2.67. The van der Waals surface area contributed by atoms with Gasteiger partial charge in [0.2, 0.25) is 0 Å². The van der Waals surface area contributed by atoms with E-state index in [0.29, 0.717) is 12.1 Å². The Morgan fingerprint density at radius 2 is 1.89 bits per heavy atom. The molecule has 2 aromatic rings. The summed E-state index contributed by atoms with van der Waals surface area (Å²) in [7, 11) is 0. The monoisotopic (exact) mass is 293 g/mol. The van der Waals surface area contributed by atoms with Gasteiger partial charge >= 0.3 is 0 Å². The first-order valence-corrected chi connectivity index (χ1v) is 7.93. The van der Waals surface area contributed by atoms with E-state index in [1.165, 1.54) is 16.0 Å². The lowest BCUT2D eigenvalue weighted by atomic mass is 10.0. The lowest BCUT2D eigenvalue weighted by Gasteiger charge is -2.22. The van der Waals surface area contributed by atoms with Crippen molar-refractivity contribution >= 4 is 22.9 Å². The fourth-order valence-electron chi connectivity index (χ4n) is 2.35. The van der Waals surface area contributed by atoms with Crippen LogP contribution in [0.15, 0.2) is 35.7 Å². The highest BCUT2D eigenvalue weighted by molar-refractivity contribution is 7.10. The smallest absolute Gasteiger partial charge is 0.0406 e. The minimum atomic E-state index is 0.369. The zero-order chi connectivity index (χ0) is 13.8. The third kappa shape index (κ3) is 3.59. The van der Waals surface area contributed by atoms with Gasteiger partial charge in [-0.15, -0.1) is 11.3 Å². The minimum Gasteiger partial charge on any atom is -0.303 e. The number of hydrogen-bond acceptors (Lipinski definition) is 2. The van der Waals surface area contributed by atoms with Gasteiger partial charge in [-0.3, -0.25) is 0 Å². The fourth-order valence-corrected chi connectivity index (χ4v) is 3.42. The molecule has 0 amide bonds. The van der Waals surface area contributed by atoms with Gasteiger partial charge in [0.05, 0.1) is 0 Å². The number of nitrogens with one attached hydrogen (secondary N) is 1. The van der Waals surface area contributed by atoms with Gasteiger partial charge in [-0.05, 0) is 55.0 Å². The summed E-state index contributed by atoms with van der Waals surface area (Å²) < 4.78 is 0. The quantitative estimate of drug-likeness (QED) is 0.766. The zero-order valence-corrected chi connectivity index (χ0v) is 13.2. The largest absolute Gasteiger partial charge is 0.303 e. The predicted molar refractivity (Wildman–Crippen MR) is 85.1 cm³/mol. The molecule has 2 rings (SSSR count). The molecule has 1 aromatic heterocycles. The van der Waals surface area contributed by atoms with E-state index in [2.05, 4.69) is 49.7 Å². The summed E-state index contributed by atoms with van der Waals surface area (Å²) in [6.07, 6.45) is 1.07. The van der Waals surface area contributed by atoms with Crippen molar-refractivity contribution in [1.82, 2.24) is 5.32 Å². The third-order valence-electron chi connectivity index (χ3n) is 3.43. The van der Waals surface area contributed by atoms with Gasteiger partial charge in [-0.1, -0.05) is 30.7 Å². The number of halogens is 1. The van der Waals surface area contributed by atoms with Crippen molar-refractivity contribution in [3.05, 3.63) is 56.7 Å². The minimum absolute atomic E-state index is 0.369. The van der Waals surface area contributed by atoms with Crippen LogP contribution in [0.3, 0.4) is 0 Å². The van der Waals surface area contributed by atoms with Crippen LogP contribution in [0.25, 0.3) is 0 Å². The maximum absolute atomic E-state index is 5.95. The second-order valence-electron chi connectivity index (χ2n) is 4.87. The number of hydrogen-bond donors (Lipinski definition) is 1. The molecule has 2 unspecified atom stereocenters. The van der Waals surface area contributed by atoms with Crippen molar-refractivity contribution < 1.29 is 0 Å². The molecule has 0 aliphatic heterocycles. The van der Waals surface area contributed by atoms with Crippen molar-refractivity contribution in [1.29, 1.82) is 0 Å². The van der Waals surface area contributed by atoms with E-state index in [0.717, 1.165) is 11.4 Å². The number of rotatable bonds is 5. The fraction of sp³-hybridized carbons (Fsp3) is 0.375. The summed E-state index contributed by atoms with van der Waals surface area (Å²) >= 11 is 7.77. The highest BCUT2D eigenvalue weighted by Crippen LogP contribution is 2.27. The molecule has 0 aliphatic carbocycles. The average molecular weight is 294 g/mol. The Labute approximate surface area is 124 Å². The van der Waals surface area contributed by atoms with Gasteiger partial charge in [0.15, 0.2) is 0 Å². The lowest BCUT2D eigenvalue weighted by molar-refractivity contribution is 0.460. The Morgan fingerprint density at radius 1 is 1.21 bits per heavy atom. The summed E-state index contributed by atoms with van der Waals surface area (Å²) in [5.74, 6) is 0. The highest BCUT2D eigenvalue weighted by Gasteiger charge is 2.15. The van der Waals surface area contributed by atoms with Crippen LogP contribution < -0.4 is 5.32 Å². The molecule has 3 heteroatoms. The molecular formula is C16H20ClNS. The van der Waals surface area contributed by atoms with Gasteiger partial charge < -0.3 is 5.32 Å². The third-order valence-corrected chi connectivity index (χ3v) is 4.88. The second kappa shape index (κ2) is 6.56. The van der Waals surface area contributed by atoms with E-state index in [1.807, 2.05) is 23.5 Å². The SMILES string of the molecule is CCC(NC(C)c1sccc1C)c1ccc(Cl)cc1. The van der Waals surface area contributed by atoms with Gasteiger partial charge in [-0.2, -0.15) is 0 Å². The first-order chi connectivity index (χ1) is 9.11. The van der Waals surface area contributed by atoms with E-state index in [-0.39, 0.29) is 0 Å². The van der Waals surface area contributed by atoms with E-state index >= 15 is 0 Å². The van der Waals surface area contributed by atoms with Gasteiger partial charge in [0.1, 0.15) is 0 Å². The van der Waals surface area contributed by atoms with Crippen LogP contribution in [0.4, 0.5) is 0 Å². The lowest BCUT2D eigenvalue weighted by Crippen LogP contribution is -2.24.